The number of benzene rings is 2. The van der Waals surface area contributed by atoms with Gasteiger partial charge in [0.1, 0.15) is 5.60 Å². The third-order valence-corrected chi connectivity index (χ3v) is 4.67. The number of para-hydroxylation sites is 1. The average molecular weight is 313 g/mol. The summed E-state index contributed by atoms with van der Waals surface area (Å²) in [4.78, 5) is 2.17. The minimum absolute atomic E-state index is 0.182. The zero-order valence-electron chi connectivity index (χ0n) is 13.6. The predicted molar refractivity (Wildman–Crippen MR) is 89.6 cm³/mol. The lowest BCUT2D eigenvalue weighted by Crippen LogP contribution is -2.31. The smallest absolute Gasteiger partial charge is 0.162 e. The van der Waals surface area contributed by atoms with Crippen molar-refractivity contribution >= 4 is 0 Å². The van der Waals surface area contributed by atoms with Crippen LogP contribution >= 0.6 is 0 Å². The van der Waals surface area contributed by atoms with E-state index in [1.807, 2.05) is 43.3 Å². The number of hydrogen-bond acceptors (Lipinski definition) is 4. The second-order valence-corrected chi connectivity index (χ2v) is 6.28. The number of aryl methyl sites for hydroxylation is 1. The van der Waals surface area contributed by atoms with Crippen LogP contribution in [0.5, 0.6) is 11.5 Å². The molecule has 1 saturated heterocycles. The fourth-order valence-corrected chi connectivity index (χ4v) is 3.42. The number of aromatic hydroxyl groups is 1. The van der Waals surface area contributed by atoms with Gasteiger partial charge in [-0.05, 0) is 30.5 Å². The molecule has 122 valence electrons. The topological polar surface area (TPSA) is 52.9 Å². The number of nitrogens with zero attached hydrogens (tertiary/aromatic N) is 1. The third-order valence-electron chi connectivity index (χ3n) is 4.67. The van der Waals surface area contributed by atoms with Crippen molar-refractivity contribution in [1.82, 2.24) is 4.90 Å². The summed E-state index contributed by atoms with van der Waals surface area (Å²) in [6, 6.07) is 13.5. The first-order valence-electron chi connectivity index (χ1n) is 7.89. The standard InChI is InChI=1S/C19H23NO3/c1-14-6-3-4-8-16(14)19(22)10-11-20(13-19)12-15-7-5-9-17(23-2)18(15)21/h3-9,21-22H,10-13H2,1-2H3/t19-/m0/s1. The van der Waals surface area contributed by atoms with Gasteiger partial charge in [-0.15, -0.1) is 0 Å². The van der Waals surface area contributed by atoms with Gasteiger partial charge in [0.25, 0.3) is 0 Å². The van der Waals surface area contributed by atoms with Crippen molar-refractivity contribution in [3.8, 4) is 11.5 Å². The molecule has 1 atom stereocenters. The highest BCUT2D eigenvalue weighted by molar-refractivity contribution is 5.45. The van der Waals surface area contributed by atoms with E-state index in [0.717, 1.165) is 23.2 Å². The normalized spacial score (nSPS) is 21.5. The zero-order valence-corrected chi connectivity index (χ0v) is 13.6. The van der Waals surface area contributed by atoms with Gasteiger partial charge in [0.15, 0.2) is 11.5 Å². The second-order valence-electron chi connectivity index (χ2n) is 6.28. The van der Waals surface area contributed by atoms with Crippen LogP contribution in [-0.2, 0) is 12.1 Å². The summed E-state index contributed by atoms with van der Waals surface area (Å²) in [7, 11) is 1.55. The van der Waals surface area contributed by atoms with Crippen molar-refractivity contribution in [3.05, 3.63) is 59.2 Å². The molecule has 4 nitrogen and oxygen atoms in total. The number of ether oxygens (including phenoxy) is 1. The van der Waals surface area contributed by atoms with Crippen molar-refractivity contribution in [3.63, 3.8) is 0 Å². The van der Waals surface area contributed by atoms with Crippen molar-refractivity contribution in [2.24, 2.45) is 0 Å². The quantitative estimate of drug-likeness (QED) is 0.911. The molecule has 0 bridgehead atoms. The van der Waals surface area contributed by atoms with Crippen LogP contribution in [0.25, 0.3) is 0 Å². The molecule has 3 rings (SSSR count). The monoisotopic (exact) mass is 313 g/mol. The lowest BCUT2D eigenvalue weighted by Gasteiger charge is -2.26. The van der Waals surface area contributed by atoms with Crippen LogP contribution in [0.3, 0.4) is 0 Å². The Morgan fingerprint density at radius 2 is 1.96 bits per heavy atom. The molecule has 0 aromatic heterocycles. The number of phenols is 1. The van der Waals surface area contributed by atoms with Gasteiger partial charge in [-0.1, -0.05) is 36.4 Å². The first-order chi connectivity index (χ1) is 11.0. The molecule has 0 aliphatic carbocycles. The Balaban J connectivity index is 1.77. The number of β-amino-alcohol motifs (C(OH)–C–C–N with tert-alkyl or cyclic N) is 1. The molecule has 2 aromatic carbocycles. The van der Waals surface area contributed by atoms with E-state index in [1.54, 1.807) is 13.2 Å². The highest BCUT2D eigenvalue weighted by atomic mass is 16.5. The molecule has 1 aliphatic heterocycles. The van der Waals surface area contributed by atoms with E-state index in [9.17, 15) is 10.2 Å². The minimum Gasteiger partial charge on any atom is -0.504 e. The third kappa shape index (κ3) is 3.05. The molecule has 0 amide bonds. The van der Waals surface area contributed by atoms with Gasteiger partial charge >= 0.3 is 0 Å². The summed E-state index contributed by atoms with van der Waals surface area (Å²) in [6.07, 6.45) is 0.697. The largest absolute Gasteiger partial charge is 0.504 e. The maximum atomic E-state index is 11.0. The Bertz CT molecular complexity index is 701. The van der Waals surface area contributed by atoms with Crippen molar-refractivity contribution in [2.45, 2.75) is 25.5 Å². The van der Waals surface area contributed by atoms with Gasteiger partial charge in [-0.25, -0.2) is 0 Å². The second kappa shape index (κ2) is 6.22. The number of methoxy groups -OCH3 is 1. The van der Waals surface area contributed by atoms with Crippen LogP contribution in [0, 0.1) is 6.92 Å². The zero-order chi connectivity index (χ0) is 16.4. The Morgan fingerprint density at radius 1 is 1.17 bits per heavy atom. The summed E-state index contributed by atoms with van der Waals surface area (Å²) in [5.41, 5.74) is 2.11. The number of hydrogen-bond donors (Lipinski definition) is 2. The number of rotatable bonds is 4. The number of aliphatic hydroxyl groups is 1. The molecule has 1 heterocycles. The van der Waals surface area contributed by atoms with Gasteiger partial charge in [0, 0.05) is 25.2 Å². The van der Waals surface area contributed by atoms with Crippen LogP contribution in [0.4, 0.5) is 0 Å². The molecule has 4 heteroatoms. The maximum Gasteiger partial charge on any atom is 0.162 e. The van der Waals surface area contributed by atoms with Gasteiger partial charge in [-0.3, -0.25) is 4.90 Å². The van der Waals surface area contributed by atoms with Gasteiger partial charge in [-0.2, -0.15) is 0 Å². The van der Waals surface area contributed by atoms with Gasteiger partial charge in [0.05, 0.1) is 7.11 Å². The van der Waals surface area contributed by atoms with E-state index >= 15 is 0 Å². The van der Waals surface area contributed by atoms with Crippen molar-refractivity contribution < 1.29 is 14.9 Å². The van der Waals surface area contributed by atoms with Crippen LogP contribution < -0.4 is 4.74 Å². The van der Waals surface area contributed by atoms with Crippen LogP contribution in [0.2, 0.25) is 0 Å². The average Bonchev–Trinajstić information content (AvgIpc) is 2.92. The van der Waals surface area contributed by atoms with Crippen LogP contribution in [0.15, 0.2) is 42.5 Å². The van der Waals surface area contributed by atoms with E-state index < -0.39 is 5.60 Å². The maximum absolute atomic E-state index is 11.0. The van der Waals surface area contributed by atoms with E-state index in [1.165, 1.54) is 0 Å². The molecule has 0 unspecified atom stereocenters. The van der Waals surface area contributed by atoms with E-state index in [0.29, 0.717) is 25.3 Å². The fraction of sp³-hybridized carbons (Fsp3) is 0.368. The summed E-state index contributed by atoms with van der Waals surface area (Å²) < 4.78 is 5.16. The fourth-order valence-electron chi connectivity index (χ4n) is 3.42. The molecule has 0 saturated carbocycles. The van der Waals surface area contributed by atoms with Gasteiger partial charge in [0.2, 0.25) is 0 Å². The Morgan fingerprint density at radius 3 is 2.70 bits per heavy atom. The minimum atomic E-state index is -0.820. The van der Waals surface area contributed by atoms with E-state index in [2.05, 4.69) is 4.90 Å². The SMILES string of the molecule is COc1cccc(CN2CC[C@@](O)(c3ccccc3C)C2)c1O. The summed E-state index contributed by atoms with van der Waals surface area (Å²) in [6.45, 7) is 3.98. The molecule has 2 N–H and O–H groups in total. The van der Waals surface area contributed by atoms with Crippen LogP contribution in [-0.4, -0.2) is 35.3 Å². The van der Waals surface area contributed by atoms with Crippen molar-refractivity contribution in [1.29, 1.82) is 0 Å². The molecular formula is C19H23NO3. The van der Waals surface area contributed by atoms with E-state index in [4.69, 9.17) is 4.74 Å². The number of likely N-dealkylation sites (tertiary alicyclic amines) is 1. The summed E-state index contributed by atoms with van der Waals surface area (Å²) in [5.74, 6) is 0.664. The lowest BCUT2D eigenvalue weighted by molar-refractivity contribution is 0.0446. The summed E-state index contributed by atoms with van der Waals surface area (Å²) in [5, 5.41) is 21.3. The molecule has 1 aliphatic rings. The predicted octanol–water partition coefficient (Wildman–Crippen LogP) is 2.80. The molecule has 0 radical (unpaired) electrons. The number of phenolic OH excluding ortho intramolecular Hbond substituents is 1. The Hall–Kier alpha value is -2.04. The highest BCUT2D eigenvalue weighted by Gasteiger charge is 2.38. The lowest BCUT2D eigenvalue weighted by atomic mass is 9.89. The van der Waals surface area contributed by atoms with E-state index in [-0.39, 0.29) is 5.75 Å². The van der Waals surface area contributed by atoms with Gasteiger partial charge < -0.3 is 14.9 Å². The first kappa shape index (κ1) is 15.8. The molecule has 0 spiro atoms. The Labute approximate surface area is 136 Å². The molecule has 23 heavy (non-hydrogen) atoms. The van der Waals surface area contributed by atoms with Crippen LogP contribution in [0.1, 0.15) is 23.1 Å². The molecule has 2 aromatic rings. The first-order valence-corrected chi connectivity index (χ1v) is 7.89. The summed E-state index contributed by atoms with van der Waals surface area (Å²) >= 11 is 0. The Kier molecular flexibility index (Phi) is 4.28. The molecular weight excluding hydrogens is 290 g/mol. The van der Waals surface area contributed by atoms with Crippen molar-refractivity contribution in [2.75, 3.05) is 20.2 Å². The highest BCUT2D eigenvalue weighted by Crippen LogP contribution is 2.36. The molecule has 1 fully saturated rings.